The Bertz CT molecular complexity index is 100. The van der Waals surface area contributed by atoms with E-state index in [1.165, 1.54) is 19.8 Å². The molecular formula is C10H23NO. The summed E-state index contributed by atoms with van der Waals surface area (Å²) >= 11 is 0. The molecule has 0 aliphatic rings. The van der Waals surface area contributed by atoms with Gasteiger partial charge in [-0.15, -0.1) is 0 Å². The molecule has 0 saturated heterocycles. The Balaban J connectivity index is 0. The Hall–Kier alpha value is -0.530. The molecular weight excluding hydrogens is 150 g/mol. The normalized spacial score (nSPS) is 11.1. The second kappa shape index (κ2) is 10.5. The summed E-state index contributed by atoms with van der Waals surface area (Å²) in [5.74, 6) is 0.0550. The second-order valence-electron chi connectivity index (χ2n) is 3.01. The highest BCUT2D eigenvalue weighted by atomic mass is 16.1. The predicted molar refractivity (Wildman–Crippen MR) is 54.2 cm³/mol. The molecule has 1 N–H and O–H groups in total. The van der Waals surface area contributed by atoms with E-state index >= 15 is 0 Å². The van der Waals surface area contributed by atoms with Crippen LogP contribution in [-0.2, 0) is 4.79 Å². The summed E-state index contributed by atoms with van der Waals surface area (Å²) in [4.78, 5) is 10.3. The van der Waals surface area contributed by atoms with E-state index in [2.05, 4.69) is 19.2 Å². The maximum Gasteiger partial charge on any atom is 0.217 e. The molecule has 0 spiro atoms. The minimum absolute atomic E-state index is 0.0550. The van der Waals surface area contributed by atoms with E-state index in [4.69, 9.17) is 0 Å². The van der Waals surface area contributed by atoms with Crippen LogP contribution in [0, 0.1) is 0 Å². The standard InChI is InChI=1S/C6H13NO.C4H10/c1-4-5(2)7-6(3)8;1-3-4-2/h5H,4H2,1-3H3,(H,7,8);3-4H2,1-2H3. The Morgan fingerprint density at radius 2 is 1.67 bits per heavy atom. The monoisotopic (exact) mass is 173 g/mol. The minimum atomic E-state index is 0.0550. The Morgan fingerprint density at radius 3 is 1.75 bits per heavy atom. The first-order chi connectivity index (χ1) is 5.58. The van der Waals surface area contributed by atoms with Crippen molar-refractivity contribution in [3.63, 3.8) is 0 Å². The number of carbonyl (C=O) groups excluding carboxylic acids is 1. The number of unbranched alkanes of at least 4 members (excludes halogenated alkanes) is 1. The molecule has 1 unspecified atom stereocenters. The van der Waals surface area contributed by atoms with Crippen LogP contribution in [-0.4, -0.2) is 11.9 Å². The molecule has 74 valence electrons. The van der Waals surface area contributed by atoms with Crippen molar-refractivity contribution in [2.45, 2.75) is 59.9 Å². The lowest BCUT2D eigenvalue weighted by molar-refractivity contribution is -0.119. The van der Waals surface area contributed by atoms with Crippen molar-refractivity contribution in [3.05, 3.63) is 0 Å². The molecule has 0 saturated carbocycles. The molecule has 0 aromatic heterocycles. The lowest BCUT2D eigenvalue weighted by atomic mass is 10.3. The van der Waals surface area contributed by atoms with Gasteiger partial charge in [0.2, 0.25) is 5.91 Å². The van der Waals surface area contributed by atoms with E-state index in [1.807, 2.05) is 13.8 Å². The summed E-state index contributed by atoms with van der Waals surface area (Å²) in [5.41, 5.74) is 0. The molecule has 1 amide bonds. The van der Waals surface area contributed by atoms with E-state index in [-0.39, 0.29) is 5.91 Å². The lowest BCUT2D eigenvalue weighted by Gasteiger charge is -2.07. The van der Waals surface area contributed by atoms with Crippen LogP contribution in [0.15, 0.2) is 0 Å². The van der Waals surface area contributed by atoms with Gasteiger partial charge in [-0.3, -0.25) is 4.79 Å². The molecule has 0 fully saturated rings. The molecule has 0 radical (unpaired) electrons. The van der Waals surface area contributed by atoms with Gasteiger partial charge >= 0.3 is 0 Å². The third-order valence-corrected chi connectivity index (χ3v) is 1.56. The fourth-order valence-corrected chi connectivity index (χ4v) is 0.449. The van der Waals surface area contributed by atoms with Gasteiger partial charge in [0.25, 0.3) is 0 Å². The predicted octanol–water partition coefficient (Wildman–Crippen LogP) is 2.73. The Morgan fingerprint density at radius 1 is 1.25 bits per heavy atom. The Kier molecular flexibility index (Phi) is 12.2. The lowest BCUT2D eigenvalue weighted by Crippen LogP contribution is -2.29. The van der Waals surface area contributed by atoms with E-state index in [1.54, 1.807) is 0 Å². The number of carbonyl (C=O) groups is 1. The molecule has 1 atom stereocenters. The van der Waals surface area contributed by atoms with Crippen LogP contribution in [0.1, 0.15) is 53.9 Å². The molecule has 0 heterocycles. The number of hydrogen-bond donors (Lipinski definition) is 1. The molecule has 0 bridgehead atoms. The average molecular weight is 173 g/mol. The summed E-state index contributed by atoms with van der Waals surface area (Å²) in [6.07, 6.45) is 3.64. The third kappa shape index (κ3) is 16.2. The van der Waals surface area contributed by atoms with Crippen LogP contribution in [0.3, 0.4) is 0 Å². The zero-order valence-corrected chi connectivity index (χ0v) is 9.11. The highest BCUT2D eigenvalue weighted by Crippen LogP contribution is 1.85. The molecule has 12 heavy (non-hydrogen) atoms. The van der Waals surface area contributed by atoms with Crippen LogP contribution in [0.5, 0.6) is 0 Å². The van der Waals surface area contributed by atoms with E-state index in [0.29, 0.717) is 6.04 Å². The van der Waals surface area contributed by atoms with Gasteiger partial charge < -0.3 is 5.32 Å². The Labute approximate surface area is 76.7 Å². The van der Waals surface area contributed by atoms with Gasteiger partial charge in [0.05, 0.1) is 0 Å². The summed E-state index contributed by atoms with van der Waals surface area (Å²) in [7, 11) is 0. The minimum Gasteiger partial charge on any atom is -0.354 e. The van der Waals surface area contributed by atoms with Crippen molar-refractivity contribution in [2.75, 3.05) is 0 Å². The number of rotatable bonds is 3. The highest BCUT2D eigenvalue weighted by Gasteiger charge is 1.96. The smallest absolute Gasteiger partial charge is 0.217 e. The van der Waals surface area contributed by atoms with Crippen molar-refractivity contribution >= 4 is 5.91 Å². The third-order valence-electron chi connectivity index (χ3n) is 1.56. The van der Waals surface area contributed by atoms with E-state index in [9.17, 15) is 4.79 Å². The van der Waals surface area contributed by atoms with Crippen LogP contribution in [0.25, 0.3) is 0 Å². The van der Waals surface area contributed by atoms with Crippen molar-refractivity contribution < 1.29 is 4.79 Å². The molecule has 0 aliphatic carbocycles. The zero-order chi connectivity index (χ0) is 9.98. The average Bonchev–Trinajstić information content (AvgIpc) is 2.04. The van der Waals surface area contributed by atoms with E-state index in [0.717, 1.165) is 6.42 Å². The summed E-state index contributed by atoms with van der Waals surface area (Å²) in [6.45, 7) is 9.92. The van der Waals surface area contributed by atoms with Crippen molar-refractivity contribution in [1.29, 1.82) is 0 Å². The fourth-order valence-electron chi connectivity index (χ4n) is 0.449. The van der Waals surface area contributed by atoms with Crippen LogP contribution < -0.4 is 5.32 Å². The van der Waals surface area contributed by atoms with Gasteiger partial charge in [-0.1, -0.05) is 33.6 Å². The fraction of sp³-hybridized carbons (Fsp3) is 0.900. The number of hydrogen-bond acceptors (Lipinski definition) is 1. The molecule has 0 aliphatic heterocycles. The molecule has 2 heteroatoms. The summed E-state index contributed by atoms with van der Waals surface area (Å²) in [5, 5.41) is 2.75. The zero-order valence-electron chi connectivity index (χ0n) is 9.11. The molecule has 2 nitrogen and oxygen atoms in total. The number of amides is 1. The number of nitrogens with one attached hydrogen (secondary N) is 1. The van der Waals surface area contributed by atoms with Gasteiger partial charge in [0, 0.05) is 13.0 Å². The van der Waals surface area contributed by atoms with Gasteiger partial charge in [-0.2, -0.15) is 0 Å². The maximum atomic E-state index is 10.3. The first-order valence-electron chi connectivity index (χ1n) is 4.85. The quantitative estimate of drug-likeness (QED) is 0.698. The highest BCUT2D eigenvalue weighted by molar-refractivity contribution is 5.73. The van der Waals surface area contributed by atoms with Gasteiger partial charge in [0.15, 0.2) is 0 Å². The maximum absolute atomic E-state index is 10.3. The first kappa shape index (κ1) is 14.0. The van der Waals surface area contributed by atoms with Crippen LogP contribution >= 0.6 is 0 Å². The summed E-state index contributed by atoms with van der Waals surface area (Å²) in [6, 6.07) is 0.326. The van der Waals surface area contributed by atoms with E-state index < -0.39 is 0 Å². The van der Waals surface area contributed by atoms with Crippen molar-refractivity contribution in [2.24, 2.45) is 0 Å². The summed E-state index contributed by atoms with van der Waals surface area (Å²) < 4.78 is 0. The topological polar surface area (TPSA) is 29.1 Å². The van der Waals surface area contributed by atoms with Gasteiger partial charge in [-0.05, 0) is 13.3 Å². The van der Waals surface area contributed by atoms with Crippen LogP contribution in [0.4, 0.5) is 0 Å². The second-order valence-corrected chi connectivity index (χ2v) is 3.01. The van der Waals surface area contributed by atoms with Gasteiger partial charge in [0.1, 0.15) is 0 Å². The SMILES string of the molecule is CCC(C)NC(C)=O.CCCC. The molecule has 0 aromatic carbocycles. The molecule has 0 aromatic rings. The van der Waals surface area contributed by atoms with Gasteiger partial charge in [-0.25, -0.2) is 0 Å². The molecule has 0 rings (SSSR count). The van der Waals surface area contributed by atoms with Crippen molar-refractivity contribution in [3.8, 4) is 0 Å². The first-order valence-corrected chi connectivity index (χ1v) is 4.85. The van der Waals surface area contributed by atoms with Crippen molar-refractivity contribution in [1.82, 2.24) is 5.32 Å². The van der Waals surface area contributed by atoms with Crippen LogP contribution in [0.2, 0.25) is 0 Å². The largest absolute Gasteiger partial charge is 0.354 e.